The first-order chi connectivity index (χ1) is 10.6. The molecule has 2 aromatic rings. The van der Waals surface area contributed by atoms with Crippen molar-refractivity contribution in [3.63, 3.8) is 0 Å². The van der Waals surface area contributed by atoms with Crippen molar-refractivity contribution in [1.82, 2.24) is 19.7 Å². The van der Waals surface area contributed by atoms with Crippen LogP contribution in [0.25, 0.3) is 0 Å². The number of carbonyl (C=O) groups is 2. The van der Waals surface area contributed by atoms with Crippen LogP contribution in [0.3, 0.4) is 0 Å². The van der Waals surface area contributed by atoms with E-state index < -0.39 is 11.8 Å². The fraction of sp³-hybridized carbons (Fsp3) is 0.429. The Hall–Kier alpha value is -2.22. The van der Waals surface area contributed by atoms with Gasteiger partial charge in [0.25, 0.3) is 0 Å². The number of nitrogens with zero attached hydrogens (tertiary/aromatic N) is 4. The van der Waals surface area contributed by atoms with E-state index in [4.69, 9.17) is 0 Å². The molecule has 1 saturated heterocycles. The van der Waals surface area contributed by atoms with Crippen molar-refractivity contribution < 1.29 is 9.59 Å². The fourth-order valence-corrected chi connectivity index (χ4v) is 3.22. The molecule has 2 aromatic heterocycles. The maximum atomic E-state index is 12.3. The molecule has 2 amide bonds. The van der Waals surface area contributed by atoms with Gasteiger partial charge < -0.3 is 4.90 Å². The van der Waals surface area contributed by atoms with E-state index in [2.05, 4.69) is 15.4 Å². The van der Waals surface area contributed by atoms with Crippen LogP contribution in [0.4, 0.5) is 5.13 Å². The SMILES string of the molecule is Cc1cnc(NC(=O)C(=O)N2CCCC(n3cccn3)C2)s1. The lowest BCUT2D eigenvalue weighted by Crippen LogP contribution is -2.45. The Bertz CT molecular complexity index is 667. The molecule has 1 fully saturated rings. The minimum atomic E-state index is -0.629. The van der Waals surface area contributed by atoms with Crippen molar-refractivity contribution in [3.8, 4) is 0 Å². The van der Waals surface area contributed by atoms with Gasteiger partial charge in [0.15, 0.2) is 5.13 Å². The van der Waals surface area contributed by atoms with E-state index in [1.54, 1.807) is 17.3 Å². The first kappa shape index (κ1) is 14.7. The Balaban J connectivity index is 1.62. The van der Waals surface area contributed by atoms with Crippen LogP contribution in [0.2, 0.25) is 0 Å². The summed E-state index contributed by atoms with van der Waals surface area (Å²) in [6, 6.07) is 1.99. The number of nitrogens with one attached hydrogen (secondary N) is 1. The Kier molecular flexibility index (Phi) is 4.19. The average molecular weight is 319 g/mol. The zero-order chi connectivity index (χ0) is 15.5. The van der Waals surface area contributed by atoms with E-state index in [1.165, 1.54) is 11.3 Å². The van der Waals surface area contributed by atoms with Gasteiger partial charge in [-0.2, -0.15) is 5.10 Å². The molecule has 0 bridgehead atoms. The van der Waals surface area contributed by atoms with E-state index in [0.717, 1.165) is 17.7 Å². The molecule has 116 valence electrons. The molecule has 0 aliphatic carbocycles. The summed E-state index contributed by atoms with van der Waals surface area (Å²) in [6.45, 7) is 3.00. The van der Waals surface area contributed by atoms with Crippen molar-refractivity contribution in [3.05, 3.63) is 29.5 Å². The van der Waals surface area contributed by atoms with E-state index in [9.17, 15) is 9.59 Å². The van der Waals surface area contributed by atoms with Gasteiger partial charge in [0, 0.05) is 36.6 Å². The number of rotatable bonds is 2. The Morgan fingerprint density at radius 1 is 1.45 bits per heavy atom. The number of hydrogen-bond donors (Lipinski definition) is 1. The number of aromatic nitrogens is 3. The molecule has 0 saturated carbocycles. The standard InChI is InChI=1S/C14H17N5O2S/c1-10-8-15-14(22-10)17-12(20)13(21)18-6-2-4-11(9-18)19-7-3-5-16-19/h3,5,7-8,11H,2,4,6,9H2,1H3,(H,15,17,20). The number of aryl methyl sites for hydroxylation is 1. The maximum Gasteiger partial charge on any atom is 0.315 e. The summed E-state index contributed by atoms with van der Waals surface area (Å²) in [5.41, 5.74) is 0. The monoisotopic (exact) mass is 319 g/mol. The summed E-state index contributed by atoms with van der Waals surface area (Å²) < 4.78 is 1.85. The first-order valence-corrected chi connectivity index (χ1v) is 7.97. The molecule has 1 unspecified atom stereocenters. The smallest absolute Gasteiger partial charge is 0.315 e. The van der Waals surface area contributed by atoms with Gasteiger partial charge >= 0.3 is 11.8 Å². The number of anilines is 1. The molecule has 0 aromatic carbocycles. The summed E-state index contributed by atoms with van der Waals surface area (Å²) >= 11 is 1.35. The van der Waals surface area contributed by atoms with Crippen LogP contribution in [0.5, 0.6) is 0 Å². The first-order valence-electron chi connectivity index (χ1n) is 7.15. The van der Waals surface area contributed by atoms with Gasteiger partial charge in [-0.3, -0.25) is 19.6 Å². The highest BCUT2D eigenvalue weighted by molar-refractivity contribution is 7.15. The minimum absolute atomic E-state index is 0.127. The third-order valence-corrected chi connectivity index (χ3v) is 4.45. The lowest BCUT2D eigenvalue weighted by molar-refractivity contribution is -0.144. The summed E-state index contributed by atoms with van der Waals surface area (Å²) in [7, 11) is 0. The van der Waals surface area contributed by atoms with Gasteiger partial charge in [0.05, 0.1) is 6.04 Å². The number of amides is 2. The van der Waals surface area contributed by atoms with Crippen LogP contribution >= 0.6 is 11.3 Å². The molecule has 0 radical (unpaired) electrons. The van der Waals surface area contributed by atoms with Crippen LogP contribution in [0.15, 0.2) is 24.7 Å². The summed E-state index contributed by atoms with van der Waals surface area (Å²) in [5, 5.41) is 7.24. The summed E-state index contributed by atoms with van der Waals surface area (Å²) in [6.07, 6.45) is 7.09. The molecule has 1 atom stereocenters. The lowest BCUT2D eigenvalue weighted by atomic mass is 10.1. The van der Waals surface area contributed by atoms with Gasteiger partial charge in [0.2, 0.25) is 0 Å². The second-order valence-electron chi connectivity index (χ2n) is 5.26. The molecule has 1 aliphatic rings. The zero-order valence-electron chi connectivity index (χ0n) is 12.2. The molecule has 3 rings (SSSR count). The molecular weight excluding hydrogens is 302 g/mol. The molecule has 8 heteroatoms. The van der Waals surface area contributed by atoms with Crippen LogP contribution in [-0.2, 0) is 9.59 Å². The lowest BCUT2D eigenvalue weighted by Gasteiger charge is -2.32. The molecular formula is C14H17N5O2S. The van der Waals surface area contributed by atoms with Gasteiger partial charge in [-0.15, -0.1) is 11.3 Å². The highest BCUT2D eigenvalue weighted by Crippen LogP contribution is 2.21. The fourth-order valence-electron chi connectivity index (χ4n) is 2.56. The summed E-state index contributed by atoms with van der Waals surface area (Å²) in [4.78, 5) is 31.0. The molecule has 0 spiro atoms. The Labute approximate surface area is 132 Å². The maximum absolute atomic E-state index is 12.3. The van der Waals surface area contributed by atoms with Crippen LogP contribution in [-0.4, -0.2) is 44.6 Å². The molecule has 3 heterocycles. The molecule has 7 nitrogen and oxygen atoms in total. The predicted octanol–water partition coefficient (Wildman–Crippen LogP) is 1.45. The number of carbonyl (C=O) groups excluding carboxylic acids is 2. The van der Waals surface area contributed by atoms with E-state index in [-0.39, 0.29) is 6.04 Å². The van der Waals surface area contributed by atoms with Crippen molar-refractivity contribution in [1.29, 1.82) is 0 Å². The van der Waals surface area contributed by atoms with Crippen molar-refractivity contribution in [2.75, 3.05) is 18.4 Å². The van der Waals surface area contributed by atoms with Crippen molar-refractivity contribution in [2.24, 2.45) is 0 Å². The Morgan fingerprint density at radius 3 is 3.00 bits per heavy atom. The van der Waals surface area contributed by atoms with Gasteiger partial charge in [-0.25, -0.2) is 4.98 Å². The topological polar surface area (TPSA) is 80.1 Å². The van der Waals surface area contributed by atoms with Crippen molar-refractivity contribution in [2.45, 2.75) is 25.8 Å². The van der Waals surface area contributed by atoms with Crippen LogP contribution in [0.1, 0.15) is 23.8 Å². The summed E-state index contributed by atoms with van der Waals surface area (Å²) in [5.74, 6) is -1.14. The van der Waals surface area contributed by atoms with E-state index in [0.29, 0.717) is 18.2 Å². The molecule has 22 heavy (non-hydrogen) atoms. The average Bonchev–Trinajstić information content (AvgIpc) is 3.18. The van der Waals surface area contributed by atoms with Crippen molar-refractivity contribution >= 4 is 28.3 Å². The van der Waals surface area contributed by atoms with Gasteiger partial charge in [-0.05, 0) is 25.8 Å². The second-order valence-corrected chi connectivity index (χ2v) is 6.50. The number of thiazole rings is 1. The quantitative estimate of drug-likeness (QED) is 0.850. The number of hydrogen-bond acceptors (Lipinski definition) is 5. The van der Waals surface area contributed by atoms with E-state index >= 15 is 0 Å². The van der Waals surface area contributed by atoms with Crippen LogP contribution < -0.4 is 5.32 Å². The minimum Gasteiger partial charge on any atom is -0.332 e. The van der Waals surface area contributed by atoms with Crippen LogP contribution in [0, 0.1) is 6.92 Å². The zero-order valence-corrected chi connectivity index (χ0v) is 13.0. The third-order valence-electron chi connectivity index (χ3n) is 3.62. The van der Waals surface area contributed by atoms with E-state index in [1.807, 2.05) is 23.9 Å². The highest BCUT2D eigenvalue weighted by atomic mass is 32.1. The second kappa shape index (κ2) is 6.27. The number of likely N-dealkylation sites (tertiary alicyclic amines) is 1. The molecule has 1 aliphatic heterocycles. The number of piperidine rings is 1. The van der Waals surface area contributed by atoms with Gasteiger partial charge in [-0.1, -0.05) is 0 Å². The largest absolute Gasteiger partial charge is 0.332 e. The molecule has 1 N–H and O–H groups in total. The highest BCUT2D eigenvalue weighted by Gasteiger charge is 2.29. The van der Waals surface area contributed by atoms with Gasteiger partial charge in [0.1, 0.15) is 0 Å². The third kappa shape index (κ3) is 3.16. The Morgan fingerprint density at radius 2 is 2.32 bits per heavy atom. The predicted molar refractivity (Wildman–Crippen MR) is 82.6 cm³/mol. The normalized spacial score (nSPS) is 18.2.